The molecule has 2 aromatic carbocycles. The highest BCUT2D eigenvalue weighted by Gasteiger charge is 2.57. The third-order valence-electron chi connectivity index (χ3n) is 13.9. The van der Waals surface area contributed by atoms with Gasteiger partial charge in [-0.2, -0.15) is 0 Å². The number of nitrogens with one attached hydrogen (secondary N) is 1. The summed E-state index contributed by atoms with van der Waals surface area (Å²) < 4.78 is 47.5. The molecule has 3 rings (SSSR count). The monoisotopic (exact) mass is 1120 g/mol. The van der Waals surface area contributed by atoms with Crippen LogP contribution >= 0.6 is 0 Å². The van der Waals surface area contributed by atoms with Gasteiger partial charge in [0.15, 0.2) is 18.0 Å². The molecule has 1 amide bonds. The van der Waals surface area contributed by atoms with Crippen LogP contribution in [-0.2, 0) is 42.7 Å². The summed E-state index contributed by atoms with van der Waals surface area (Å²) in [6, 6.07) is 15.5. The van der Waals surface area contributed by atoms with Crippen LogP contribution in [0.15, 0.2) is 72.8 Å². The van der Waals surface area contributed by atoms with Crippen LogP contribution in [0.5, 0.6) is 0 Å². The Balaban J connectivity index is 1.95. The van der Waals surface area contributed by atoms with Gasteiger partial charge in [0.05, 0.1) is 23.8 Å². The summed E-state index contributed by atoms with van der Waals surface area (Å²) >= 11 is 0. The van der Waals surface area contributed by atoms with E-state index < -0.39 is 91.0 Å². The second-order valence-electron chi connectivity index (χ2n) is 23.6. The smallest absolute Gasteiger partial charge is 0.452 e. The highest BCUT2D eigenvalue weighted by Crippen LogP contribution is 2.36. The Labute approximate surface area is 480 Å². The highest BCUT2D eigenvalue weighted by atomic mass is 16.8. The number of aliphatic hydroxyl groups is 1. The molecule has 80 heavy (non-hydrogen) atoms. The number of carbonyl (C=O) groups excluding carboxylic acids is 5. The fourth-order valence-corrected chi connectivity index (χ4v) is 9.46. The van der Waals surface area contributed by atoms with Crippen LogP contribution in [0.1, 0.15) is 250 Å². The van der Waals surface area contributed by atoms with E-state index in [-0.39, 0.29) is 17.9 Å². The van der Waals surface area contributed by atoms with E-state index in [0.29, 0.717) is 18.4 Å². The van der Waals surface area contributed by atoms with Crippen molar-refractivity contribution in [3.8, 4) is 0 Å². The van der Waals surface area contributed by atoms with Gasteiger partial charge in [0.2, 0.25) is 5.91 Å². The summed E-state index contributed by atoms with van der Waals surface area (Å²) in [6.07, 6.45) is 22.8. The van der Waals surface area contributed by atoms with Gasteiger partial charge in [-0.3, -0.25) is 4.79 Å². The highest BCUT2D eigenvalue weighted by molar-refractivity contribution is 5.90. The first-order valence-electron chi connectivity index (χ1n) is 30.5. The molecule has 1 aliphatic rings. The number of hydrogen-bond donors (Lipinski definition) is 2. The molecule has 0 radical (unpaired) electrons. The minimum atomic E-state index is -2.14. The Morgan fingerprint density at radius 2 is 1.05 bits per heavy atom. The van der Waals surface area contributed by atoms with E-state index in [2.05, 4.69) is 19.2 Å². The van der Waals surface area contributed by atoms with Crippen molar-refractivity contribution in [2.75, 3.05) is 13.2 Å². The maximum atomic E-state index is 14.1. The average molecular weight is 1120 g/mol. The minimum absolute atomic E-state index is 0.126. The van der Waals surface area contributed by atoms with Crippen LogP contribution in [0.4, 0.5) is 9.59 Å². The molecule has 0 aromatic heterocycles. The van der Waals surface area contributed by atoms with Crippen LogP contribution in [0, 0.1) is 0 Å². The van der Waals surface area contributed by atoms with Crippen molar-refractivity contribution in [3.63, 3.8) is 0 Å². The maximum Gasteiger partial charge on any atom is 0.509 e. The Kier molecular flexibility index (Phi) is 33.5. The minimum Gasteiger partial charge on any atom is -0.452 e. The fourth-order valence-electron chi connectivity index (χ4n) is 9.46. The molecule has 7 atom stereocenters. The largest absolute Gasteiger partial charge is 0.509 e. The van der Waals surface area contributed by atoms with Gasteiger partial charge in [0.1, 0.15) is 36.1 Å². The van der Waals surface area contributed by atoms with Gasteiger partial charge in [0.25, 0.3) is 0 Å². The van der Waals surface area contributed by atoms with Crippen molar-refractivity contribution in [2.24, 2.45) is 0 Å². The number of benzene rings is 2. The van der Waals surface area contributed by atoms with Gasteiger partial charge in [-0.15, -0.1) is 0 Å². The van der Waals surface area contributed by atoms with E-state index in [0.717, 1.165) is 38.5 Å². The lowest BCUT2D eigenvalue weighted by Crippen LogP contribution is -2.67. The quantitative estimate of drug-likeness (QED) is 0.0278. The summed E-state index contributed by atoms with van der Waals surface area (Å²) in [7, 11) is 0. The molecule has 1 heterocycles. The molecular formula is C65H103NO14. The molecular weight excluding hydrogens is 1020 g/mol. The number of aliphatic hydroxyl groups excluding tert-OH is 1. The lowest BCUT2D eigenvalue weighted by atomic mass is 9.92. The Bertz CT molecular complexity index is 2050. The third kappa shape index (κ3) is 29.6. The molecule has 1 fully saturated rings. The van der Waals surface area contributed by atoms with Crippen molar-refractivity contribution >= 4 is 30.2 Å². The number of hydrogen-bond acceptors (Lipinski definition) is 14. The second kappa shape index (κ2) is 38.7. The summed E-state index contributed by atoms with van der Waals surface area (Å²) in [5.41, 5.74) is -1.53. The van der Waals surface area contributed by atoms with Crippen molar-refractivity contribution < 1.29 is 67.0 Å². The number of ether oxygens (including phenoxy) is 8. The van der Waals surface area contributed by atoms with Crippen molar-refractivity contribution in [1.82, 2.24) is 5.32 Å². The molecule has 0 saturated carbocycles. The lowest BCUT2D eigenvalue weighted by molar-refractivity contribution is -0.357. The zero-order valence-electron chi connectivity index (χ0n) is 50.4. The normalized spacial score (nSPS) is 19.2. The number of esters is 2. The van der Waals surface area contributed by atoms with Crippen molar-refractivity contribution in [3.05, 3.63) is 83.9 Å². The Morgan fingerprint density at radius 3 is 1.54 bits per heavy atom. The molecule has 1 aliphatic heterocycles. The number of unbranched alkanes of at least 4 members (excludes halogenated alkanes) is 23. The van der Waals surface area contributed by atoms with Gasteiger partial charge < -0.3 is 48.3 Å². The average Bonchev–Trinajstić information content (AvgIpc) is 3.41. The molecule has 15 nitrogen and oxygen atoms in total. The summed E-state index contributed by atoms with van der Waals surface area (Å²) in [6.45, 7) is 14.7. The molecule has 0 bridgehead atoms. The van der Waals surface area contributed by atoms with E-state index in [1.807, 2.05) is 6.08 Å². The molecule has 0 unspecified atom stereocenters. The Morgan fingerprint density at radius 1 is 0.600 bits per heavy atom. The van der Waals surface area contributed by atoms with Gasteiger partial charge >= 0.3 is 24.2 Å². The maximum absolute atomic E-state index is 14.1. The van der Waals surface area contributed by atoms with E-state index in [9.17, 15) is 29.1 Å². The molecule has 0 aliphatic carbocycles. The molecule has 452 valence electrons. The lowest BCUT2D eigenvalue weighted by Gasteiger charge is -2.48. The van der Waals surface area contributed by atoms with Crippen LogP contribution in [0.3, 0.4) is 0 Å². The zero-order valence-corrected chi connectivity index (χ0v) is 50.4. The predicted octanol–water partition coefficient (Wildman–Crippen LogP) is 15.4. The molecule has 2 N–H and O–H groups in total. The van der Waals surface area contributed by atoms with Crippen molar-refractivity contribution in [2.45, 2.75) is 283 Å². The predicted molar refractivity (Wildman–Crippen MR) is 312 cm³/mol. The van der Waals surface area contributed by atoms with Crippen LogP contribution in [0.2, 0.25) is 0 Å². The van der Waals surface area contributed by atoms with E-state index in [4.69, 9.17) is 37.9 Å². The van der Waals surface area contributed by atoms with E-state index in [1.54, 1.807) is 96.1 Å². The van der Waals surface area contributed by atoms with E-state index >= 15 is 0 Å². The van der Waals surface area contributed by atoms with Gasteiger partial charge in [-0.05, 0) is 98.1 Å². The standard InChI is InChI=1S/C65H103NO14/c1-10-12-14-16-18-20-22-24-26-28-30-32-40-46-53(75-59(69)50-42-36-34-37-43-50)52(66-55(67)47-41-33-31-29-27-25-23-21-19-17-15-13-11-2)48-74-65(9)58(68)57(76-60(70)51-44-38-35-39-45-51)56(77-62(72)80-64(6,7)8)54(78-65)49-73-61(71)79-63(3,4)5/h34-40,42-46,52-54,56-58,68H,10-33,41,47-49H2,1-9H3,(H,66,67)/t52-,53+,54+,56-,57-,58+,65+/m0/s1. The second-order valence-corrected chi connectivity index (χ2v) is 23.6. The number of amides is 1. The molecule has 2 aromatic rings. The summed E-state index contributed by atoms with van der Waals surface area (Å²) in [5, 5.41) is 15.5. The van der Waals surface area contributed by atoms with E-state index in [1.165, 1.54) is 128 Å². The molecule has 1 saturated heterocycles. The zero-order chi connectivity index (χ0) is 58.7. The van der Waals surface area contributed by atoms with Crippen LogP contribution in [-0.4, -0.2) is 102 Å². The molecule has 0 spiro atoms. The topological polar surface area (TPSA) is 191 Å². The first-order chi connectivity index (χ1) is 38.2. The molecule has 15 heteroatoms. The number of rotatable bonds is 39. The van der Waals surface area contributed by atoms with Crippen LogP contribution in [0.25, 0.3) is 0 Å². The number of carbonyl (C=O) groups is 5. The summed E-state index contributed by atoms with van der Waals surface area (Å²) in [5.74, 6) is -3.93. The Hall–Kier alpha value is -4.99. The fraction of sp³-hybridized carbons (Fsp3) is 0.708. The van der Waals surface area contributed by atoms with Crippen molar-refractivity contribution in [1.29, 1.82) is 0 Å². The third-order valence-corrected chi connectivity index (χ3v) is 13.9. The van der Waals surface area contributed by atoms with Gasteiger partial charge in [-0.25, -0.2) is 19.2 Å². The van der Waals surface area contributed by atoms with Gasteiger partial charge in [-0.1, -0.05) is 198 Å². The van der Waals surface area contributed by atoms with Crippen LogP contribution < -0.4 is 5.32 Å². The number of allylic oxidation sites excluding steroid dienone is 1. The first-order valence-corrected chi connectivity index (χ1v) is 30.5. The SMILES string of the molecule is CCCCCCCCCCCCCC=C[C@@H](OC(=O)c1ccccc1)[C@H](CO[C@]1(C)O[C@H](COC(=O)OC(C)(C)C)[C@H](OC(=O)OC(C)(C)C)[C@H](OC(=O)c2ccccc2)[C@H]1O)NC(=O)CCCCCCCCCCCCCCC. The first kappa shape index (κ1) is 69.3. The summed E-state index contributed by atoms with van der Waals surface area (Å²) in [4.78, 5) is 68.3. The van der Waals surface area contributed by atoms with Gasteiger partial charge in [0, 0.05) is 6.42 Å².